The summed E-state index contributed by atoms with van der Waals surface area (Å²) < 4.78 is 34.8. The van der Waals surface area contributed by atoms with E-state index < -0.39 is 15.7 Å². The highest BCUT2D eigenvalue weighted by Crippen LogP contribution is 2.36. The number of anilines is 1. The number of sulfone groups is 1. The van der Waals surface area contributed by atoms with Gasteiger partial charge in [-0.05, 0) is 12.1 Å². The van der Waals surface area contributed by atoms with E-state index in [1.165, 1.54) is 45.4 Å². The van der Waals surface area contributed by atoms with Crippen molar-refractivity contribution in [3.8, 4) is 11.5 Å². The van der Waals surface area contributed by atoms with Crippen LogP contribution in [0.1, 0.15) is 17.3 Å². The smallest absolute Gasteiger partial charge is 0.257 e. The van der Waals surface area contributed by atoms with Crippen LogP contribution >= 0.6 is 11.6 Å². The number of hydrogen-bond acceptors (Lipinski definition) is 5. The van der Waals surface area contributed by atoms with E-state index in [4.69, 9.17) is 21.1 Å². The van der Waals surface area contributed by atoms with Crippen molar-refractivity contribution < 1.29 is 22.7 Å². The molecule has 0 bridgehead atoms. The Morgan fingerprint density at radius 3 is 2.36 bits per heavy atom. The van der Waals surface area contributed by atoms with Crippen LogP contribution in [0, 0.1) is 0 Å². The predicted octanol–water partition coefficient (Wildman–Crippen LogP) is 3.40. The summed E-state index contributed by atoms with van der Waals surface area (Å²) in [6.45, 7) is 1.52. The van der Waals surface area contributed by atoms with E-state index in [-0.39, 0.29) is 16.2 Å². The Labute approximate surface area is 151 Å². The van der Waals surface area contributed by atoms with Gasteiger partial charge in [-0.1, -0.05) is 30.7 Å². The lowest BCUT2D eigenvalue weighted by atomic mass is 10.2. The second-order valence-corrected chi connectivity index (χ2v) is 7.69. The minimum Gasteiger partial charge on any atom is -0.495 e. The first-order chi connectivity index (χ1) is 11.8. The van der Waals surface area contributed by atoms with Crippen molar-refractivity contribution in [2.75, 3.05) is 25.3 Å². The highest BCUT2D eigenvalue weighted by molar-refractivity contribution is 7.91. The third-order valence-corrected chi connectivity index (χ3v) is 5.65. The predicted molar refractivity (Wildman–Crippen MR) is 96.7 cm³/mol. The summed E-state index contributed by atoms with van der Waals surface area (Å²) >= 11 is 6.04. The third kappa shape index (κ3) is 4.05. The van der Waals surface area contributed by atoms with E-state index in [1.807, 2.05) is 0 Å². The number of carbonyl (C=O) groups excluding carboxylic acids is 1. The molecular weight excluding hydrogens is 366 g/mol. The van der Waals surface area contributed by atoms with E-state index in [1.54, 1.807) is 12.1 Å². The molecule has 25 heavy (non-hydrogen) atoms. The molecule has 0 unspecified atom stereocenters. The lowest BCUT2D eigenvalue weighted by Gasteiger charge is -2.14. The molecule has 8 heteroatoms. The van der Waals surface area contributed by atoms with Gasteiger partial charge in [0.15, 0.2) is 9.84 Å². The number of halogens is 1. The minimum absolute atomic E-state index is 0.0186. The summed E-state index contributed by atoms with van der Waals surface area (Å²) in [4.78, 5) is 12.6. The Morgan fingerprint density at radius 2 is 1.76 bits per heavy atom. The van der Waals surface area contributed by atoms with Crippen LogP contribution in [0.2, 0.25) is 5.02 Å². The summed E-state index contributed by atoms with van der Waals surface area (Å²) in [5.41, 5.74) is 0.373. The van der Waals surface area contributed by atoms with Gasteiger partial charge in [0.1, 0.15) is 11.5 Å². The van der Waals surface area contributed by atoms with Crippen LogP contribution in [-0.2, 0) is 9.84 Å². The number of benzene rings is 2. The molecule has 1 N–H and O–H groups in total. The monoisotopic (exact) mass is 383 g/mol. The molecule has 0 heterocycles. The molecule has 0 aliphatic carbocycles. The molecular formula is C17H18ClNO5S. The summed E-state index contributed by atoms with van der Waals surface area (Å²) in [6.07, 6.45) is 0. The summed E-state index contributed by atoms with van der Waals surface area (Å²) in [5, 5.41) is 2.97. The maximum atomic E-state index is 12.6. The SMILES string of the molecule is CCS(=O)(=O)c1ccccc1C(=O)Nc1cc(OC)c(Cl)cc1OC. The standard InChI is InChI=1S/C17H18ClNO5S/c1-4-25(21,22)16-8-6-5-7-11(16)17(20)19-13-10-14(23-2)12(18)9-15(13)24-3/h5-10H,4H2,1-3H3,(H,19,20). The number of carbonyl (C=O) groups is 1. The quantitative estimate of drug-likeness (QED) is 0.826. The third-order valence-electron chi connectivity index (χ3n) is 3.57. The number of rotatable bonds is 6. The molecule has 0 fully saturated rings. The zero-order valence-corrected chi connectivity index (χ0v) is 15.6. The van der Waals surface area contributed by atoms with Gasteiger partial charge in [-0.15, -0.1) is 0 Å². The van der Waals surface area contributed by atoms with E-state index in [9.17, 15) is 13.2 Å². The van der Waals surface area contributed by atoms with Gasteiger partial charge in [0, 0.05) is 12.1 Å². The Bertz CT molecular complexity index is 896. The number of ether oxygens (including phenoxy) is 2. The van der Waals surface area contributed by atoms with Gasteiger partial charge in [0.05, 0.1) is 41.1 Å². The zero-order valence-electron chi connectivity index (χ0n) is 14.0. The van der Waals surface area contributed by atoms with E-state index in [2.05, 4.69) is 5.32 Å². The second-order valence-electron chi connectivity index (χ2n) is 5.04. The molecule has 0 aromatic heterocycles. The van der Waals surface area contributed by atoms with Crippen LogP contribution in [0.3, 0.4) is 0 Å². The average molecular weight is 384 g/mol. The van der Waals surface area contributed by atoms with Crippen molar-refractivity contribution in [2.24, 2.45) is 0 Å². The van der Waals surface area contributed by atoms with Gasteiger partial charge >= 0.3 is 0 Å². The average Bonchev–Trinajstić information content (AvgIpc) is 2.62. The van der Waals surface area contributed by atoms with Crippen molar-refractivity contribution in [2.45, 2.75) is 11.8 Å². The van der Waals surface area contributed by atoms with Crippen molar-refractivity contribution in [3.63, 3.8) is 0 Å². The van der Waals surface area contributed by atoms with Crippen molar-refractivity contribution >= 4 is 33.0 Å². The van der Waals surface area contributed by atoms with Gasteiger partial charge < -0.3 is 14.8 Å². The number of amides is 1. The molecule has 0 aliphatic heterocycles. The van der Waals surface area contributed by atoms with Crippen LogP contribution in [0.4, 0.5) is 5.69 Å². The topological polar surface area (TPSA) is 81.7 Å². The highest BCUT2D eigenvalue weighted by atomic mass is 35.5. The summed E-state index contributed by atoms with van der Waals surface area (Å²) in [7, 11) is -0.659. The Morgan fingerprint density at radius 1 is 1.12 bits per heavy atom. The molecule has 0 saturated carbocycles. The van der Waals surface area contributed by atoms with E-state index in [0.29, 0.717) is 22.2 Å². The molecule has 134 valence electrons. The van der Waals surface area contributed by atoms with E-state index in [0.717, 1.165) is 0 Å². The maximum Gasteiger partial charge on any atom is 0.257 e. The summed E-state index contributed by atoms with van der Waals surface area (Å²) in [5.74, 6) is 0.00700. The van der Waals surface area contributed by atoms with Gasteiger partial charge in [-0.25, -0.2) is 8.42 Å². The fraction of sp³-hybridized carbons (Fsp3) is 0.235. The number of nitrogens with one attached hydrogen (secondary N) is 1. The van der Waals surface area contributed by atoms with Gasteiger partial charge in [-0.3, -0.25) is 4.79 Å². The number of hydrogen-bond donors (Lipinski definition) is 1. The van der Waals surface area contributed by atoms with Gasteiger partial charge in [0.25, 0.3) is 5.91 Å². The maximum absolute atomic E-state index is 12.6. The van der Waals surface area contributed by atoms with E-state index >= 15 is 0 Å². The molecule has 0 spiro atoms. The van der Waals surface area contributed by atoms with Crippen LogP contribution in [-0.4, -0.2) is 34.3 Å². The zero-order chi connectivity index (χ0) is 18.6. The molecule has 2 aromatic carbocycles. The molecule has 6 nitrogen and oxygen atoms in total. The van der Waals surface area contributed by atoms with Gasteiger partial charge in [0.2, 0.25) is 0 Å². The molecule has 2 rings (SSSR count). The molecule has 0 saturated heterocycles. The largest absolute Gasteiger partial charge is 0.495 e. The lowest BCUT2D eigenvalue weighted by molar-refractivity contribution is 0.102. The van der Waals surface area contributed by atoms with Gasteiger partial charge in [-0.2, -0.15) is 0 Å². The first-order valence-corrected chi connectivity index (χ1v) is 9.41. The molecule has 0 radical (unpaired) electrons. The van der Waals surface area contributed by atoms with Crippen LogP contribution < -0.4 is 14.8 Å². The Hall–Kier alpha value is -2.25. The molecule has 1 amide bonds. The molecule has 0 atom stereocenters. The fourth-order valence-electron chi connectivity index (χ4n) is 2.23. The van der Waals surface area contributed by atoms with Crippen molar-refractivity contribution in [3.05, 3.63) is 47.0 Å². The highest BCUT2D eigenvalue weighted by Gasteiger charge is 2.22. The number of methoxy groups -OCH3 is 2. The van der Waals surface area contributed by atoms with Crippen molar-refractivity contribution in [1.82, 2.24) is 0 Å². The lowest BCUT2D eigenvalue weighted by Crippen LogP contribution is -2.17. The normalized spacial score (nSPS) is 11.0. The van der Waals surface area contributed by atoms with Crippen molar-refractivity contribution in [1.29, 1.82) is 0 Å². The second kappa shape index (κ2) is 7.76. The first kappa shape index (κ1) is 19.1. The molecule has 2 aromatic rings. The van der Waals surface area contributed by atoms with Crippen LogP contribution in [0.15, 0.2) is 41.3 Å². The van der Waals surface area contributed by atoms with Crippen LogP contribution in [0.25, 0.3) is 0 Å². The van der Waals surface area contributed by atoms with Crippen LogP contribution in [0.5, 0.6) is 11.5 Å². The fourth-order valence-corrected chi connectivity index (χ4v) is 3.55. The minimum atomic E-state index is -3.54. The first-order valence-electron chi connectivity index (χ1n) is 7.38. The Kier molecular flexibility index (Phi) is 5.92. The summed E-state index contributed by atoms with van der Waals surface area (Å²) in [6, 6.07) is 9.06. The molecule has 0 aliphatic rings. The Balaban J connectivity index is 2.45.